The lowest BCUT2D eigenvalue weighted by Gasteiger charge is -2.23. The third-order valence-electron chi connectivity index (χ3n) is 1.91. The van der Waals surface area contributed by atoms with Crippen LogP contribution in [0.3, 0.4) is 0 Å². The van der Waals surface area contributed by atoms with Crippen molar-refractivity contribution in [1.29, 1.82) is 0 Å². The number of carboxylic acid groups (broad SMARTS) is 1. The molecular formula is C7H16ClNO2. The first-order valence-electron chi connectivity index (χ1n) is 3.54. The minimum atomic E-state index is -0.814. The largest absolute Gasteiger partial charge is 0.481 e. The quantitative estimate of drug-likeness (QED) is 0.689. The highest BCUT2D eigenvalue weighted by atomic mass is 35.5. The van der Waals surface area contributed by atoms with Crippen molar-refractivity contribution in [1.82, 2.24) is 0 Å². The van der Waals surface area contributed by atoms with Crippen LogP contribution in [-0.2, 0) is 4.79 Å². The highest BCUT2D eigenvalue weighted by Crippen LogP contribution is 2.15. The number of aliphatic carboxylic acids is 1. The number of halogens is 1. The number of carbonyl (C=O) groups is 1. The zero-order valence-corrected chi connectivity index (χ0v) is 7.78. The van der Waals surface area contributed by atoms with E-state index >= 15 is 0 Å². The maximum atomic E-state index is 10.3. The van der Waals surface area contributed by atoms with Gasteiger partial charge >= 0.3 is 5.97 Å². The van der Waals surface area contributed by atoms with Crippen molar-refractivity contribution in [2.45, 2.75) is 38.6 Å². The van der Waals surface area contributed by atoms with Crippen molar-refractivity contribution in [3.63, 3.8) is 0 Å². The Labute approximate surface area is 73.4 Å². The molecule has 0 aliphatic heterocycles. The average molecular weight is 182 g/mol. The molecular weight excluding hydrogens is 166 g/mol. The Hall–Kier alpha value is -0.280. The summed E-state index contributed by atoms with van der Waals surface area (Å²) in [6, 6.07) is 0. The van der Waals surface area contributed by atoms with Gasteiger partial charge in [0.05, 0.1) is 6.42 Å². The van der Waals surface area contributed by atoms with Crippen molar-refractivity contribution in [2.75, 3.05) is 0 Å². The van der Waals surface area contributed by atoms with Crippen molar-refractivity contribution in [3.8, 4) is 0 Å². The van der Waals surface area contributed by atoms with Gasteiger partial charge in [-0.25, -0.2) is 0 Å². The molecule has 3 N–H and O–H groups in total. The molecule has 0 aliphatic rings. The van der Waals surface area contributed by atoms with Gasteiger partial charge in [0.15, 0.2) is 0 Å². The van der Waals surface area contributed by atoms with Crippen LogP contribution in [0.25, 0.3) is 0 Å². The van der Waals surface area contributed by atoms with E-state index < -0.39 is 11.5 Å². The summed E-state index contributed by atoms with van der Waals surface area (Å²) in [5.41, 5.74) is 5.22. The predicted molar refractivity (Wildman–Crippen MR) is 47.0 cm³/mol. The van der Waals surface area contributed by atoms with Gasteiger partial charge in [-0.1, -0.05) is 13.8 Å². The minimum absolute atomic E-state index is 0. The van der Waals surface area contributed by atoms with Crippen LogP contribution in [0, 0.1) is 0 Å². The molecule has 68 valence electrons. The number of nitrogens with two attached hydrogens (primary N) is 1. The molecule has 4 heteroatoms. The normalized spacial score (nSPS) is 10.5. The summed E-state index contributed by atoms with van der Waals surface area (Å²) in [4.78, 5) is 10.3. The fourth-order valence-corrected chi connectivity index (χ4v) is 0.801. The van der Waals surface area contributed by atoms with Crippen molar-refractivity contribution in [3.05, 3.63) is 0 Å². The van der Waals surface area contributed by atoms with Crippen LogP contribution in [0.2, 0.25) is 0 Å². The molecule has 0 spiro atoms. The Kier molecular flexibility index (Phi) is 6.52. The van der Waals surface area contributed by atoms with Crippen LogP contribution in [0.5, 0.6) is 0 Å². The van der Waals surface area contributed by atoms with Crippen molar-refractivity contribution < 1.29 is 9.90 Å². The molecule has 0 aliphatic carbocycles. The molecule has 0 radical (unpaired) electrons. The molecule has 0 fully saturated rings. The maximum Gasteiger partial charge on any atom is 0.305 e. The number of rotatable bonds is 4. The lowest BCUT2D eigenvalue weighted by Crippen LogP contribution is -2.40. The topological polar surface area (TPSA) is 63.3 Å². The number of hydrogen-bond acceptors (Lipinski definition) is 2. The fourth-order valence-electron chi connectivity index (χ4n) is 0.801. The van der Waals surface area contributed by atoms with E-state index in [4.69, 9.17) is 10.8 Å². The lowest BCUT2D eigenvalue weighted by atomic mass is 9.91. The van der Waals surface area contributed by atoms with E-state index in [1.54, 1.807) is 0 Å². The Bertz CT molecular complexity index is 124. The second-order valence-corrected chi connectivity index (χ2v) is 2.64. The van der Waals surface area contributed by atoms with E-state index in [-0.39, 0.29) is 18.8 Å². The van der Waals surface area contributed by atoms with E-state index in [9.17, 15) is 4.79 Å². The molecule has 0 aromatic rings. The Balaban J connectivity index is 0. The molecule has 0 bridgehead atoms. The predicted octanol–water partition coefficient (Wildman–Crippen LogP) is 1.40. The highest BCUT2D eigenvalue weighted by molar-refractivity contribution is 5.85. The smallest absolute Gasteiger partial charge is 0.305 e. The van der Waals surface area contributed by atoms with E-state index in [0.29, 0.717) is 0 Å². The molecule has 0 saturated carbocycles. The first-order chi connectivity index (χ1) is 4.54. The summed E-state index contributed by atoms with van der Waals surface area (Å²) >= 11 is 0. The molecule has 0 saturated heterocycles. The zero-order chi connectivity index (χ0) is 8.20. The first kappa shape index (κ1) is 13.3. The highest BCUT2D eigenvalue weighted by Gasteiger charge is 2.23. The van der Waals surface area contributed by atoms with Crippen LogP contribution in [0.4, 0.5) is 0 Å². The fraction of sp³-hybridized carbons (Fsp3) is 0.857. The summed E-state index contributed by atoms with van der Waals surface area (Å²) in [5, 5.41) is 8.43. The molecule has 0 aromatic heterocycles. The molecule has 0 heterocycles. The third-order valence-corrected chi connectivity index (χ3v) is 1.91. The Morgan fingerprint density at radius 3 is 1.91 bits per heavy atom. The van der Waals surface area contributed by atoms with Crippen LogP contribution in [-0.4, -0.2) is 16.6 Å². The van der Waals surface area contributed by atoms with Gasteiger partial charge in [0.2, 0.25) is 0 Å². The van der Waals surface area contributed by atoms with E-state index in [1.165, 1.54) is 0 Å². The summed E-state index contributed by atoms with van der Waals surface area (Å²) in [6.07, 6.45) is 1.51. The van der Waals surface area contributed by atoms with E-state index in [1.807, 2.05) is 13.8 Å². The van der Waals surface area contributed by atoms with Gasteiger partial charge in [0, 0.05) is 5.54 Å². The van der Waals surface area contributed by atoms with E-state index in [2.05, 4.69) is 0 Å². The summed E-state index contributed by atoms with van der Waals surface area (Å²) in [7, 11) is 0. The Morgan fingerprint density at radius 2 is 1.82 bits per heavy atom. The average Bonchev–Trinajstić information content (AvgIpc) is 1.87. The molecule has 0 atom stereocenters. The second kappa shape index (κ2) is 5.38. The van der Waals surface area contributed by atoms with Gasteiger partial charge in [0.1, 0.15) is 0 Å². The van der Waals surface area contributed by atoms with Gasteiger partial charge in [-0.05, 0) is 12.8 Å². The maximum absolute atomic E-state index is 10.3. The third kappa shape index (κ3) is 5.04. The zero-order valence-electron chi connectivity index (χ0n) is 6.96. The van der Waals surface area contributed by atoms with Gasteiger partial charge in [-0.2, -0.15) is 0 Å². The van der Waals surface area contributed by atoms with E-state index in [0.717, 1.165) is 12.8 Å². The second-order valence-electron chi connectivity index (χ2n) is 2.64. The molecule has 0 rings (SSSR count). The number of hydrogen-bond donors (Lipinski definition) is 2. The first-order valence-corrected chi connectivity index (χ1v) is 3.54. The van der Waals surface area contributed by atoms with Crippen molar-refractivity contribution in [2.24, 2.45) is 5.73 Å². The van der Waals surface area contributed by atoms with Gasteiger partial charge in [-0.15, -0.1) is 12.4 Å². The minimum Gasteiger partial charge on any atom is -0.481 e. The van der Waals surface area contributed by atoms with Crippen LogP contribution in [0.15, 0.2) is 0 Å². The molecule has 3 nitrogen and oxygen atoms in total. The molecule has 0 unspecified atom stereocenters. The molecule has 11 heavy (non-hydrogen) atoms. The van der Waals surface area contributed by atoms with Crippen LogP contribution in [0.1, 0.15) is 33.1 Å². The van der Waals surface area contributed by atoms with Gasteiger partial charge in [-0.3, -0.25) is 4.79 Å². The lowest BCUT2D eigenvalue weighted by molar-refractivity contribution is -0.138. The summed E-state index contributed by atoms with van der Waals surface area (Å²) in [5.74, 6) is -0.814. The summed E-state index contributed by atoms with van der Waals surface area (Å²) in [6.45, 7) is 3.82. The Morgan fingerprint density at radius 1 is 1.45 bits per heavy atom. The van der Waals surface area contributed by atoms with Gasteiger partial charge in [0.25, 0.3) is 0 Å². The van der Waals surface area contributed by atoms with Gasteiger partial charge < -0.3 is 10.8 Å². The standard InChI is InChI=1S/C7H15NO2.ClH/c1-3-7(8,4-2)5-6(9)10;/h3-5,8H2,1-2H3,(H,9,10);1H. The number of carboxylic acids is 1. The van der Waals surface area contributed by atoms with Crippen molar-refractivity contribution >= 4 is 18.4 Å². The monoisotopic (exact) mass is 181 g/mol. The molecule has 0 aromatic carbocycles. The van der Waals surface area contributed by atoms with Crippen LogP contribution >= 0.6 is 12.4 Å². The SMILES string of the molecule is CCC(N)(CC)CC(=O)O.Cl. The summed E-state index contributed by atoms with van der Waals surface area (Å²) < 4.78 is 0. The molecule has 0 amide bonds. The van der Waals surface area contributed by atoms with Crippen LogP contribution < -0.4 is 5.73 Å².